The fraction of sp³-hybridized carbons (Fsp3) is 0.438. The molecule has 0 radical (unpaired) electrons. The summed E-state index contributed by atoms with van der Waals surface area (Å²) < 4.78 is 18.0. The lowest BCUT2D eigenvalue weighted by molar-refractivity contribution is 0.0532. The first-order valence-corrected chi connectivity index (χ1v) is 6.60. The molecule has 0 aliphatic rings. The van der Waals surface area contributed by atoms with Crippen LogP contribution in [0.25, 0.3) is 0 Å². The summed E-state index contributed by atoms with van der Waals surface area (Å²) in [6.07, 6.45) is 0.467. The maximum atomic E-state index is 12.9. The van der Waals surface area contributed by atoms with E-state index in [0.29, 0.717) is 18.3 Å². The Hall–Kier alpha value is -1.84. The van der Waals surface area contributed by atoms with Crippen molar-refractivity contribution in [2.45, 2.75) is 39.7 Å². The smallest absolute Gasteiger partial charge is 0.407 e. The molecule has 1 aromatic carbocycles. The fourth-order valence-corrected chi connectivity index (χ4v) is 1.72. The lowest BCUT2D eigenvalue weighted by Crippen LogP contribution is -2.33. The molecule has 20 heavy (non-hydrogen) atoms. The molecule has 1 aromatic rings. The first kappa shape index (κ1) is 16.2. The van der Waals surface area contributed by atoms with Gasteiger partial charge in [-0.25, -0.2) is 9.18 Å². The van der Waals surface area contributed by atoms with Gasteiger partial charge in [-0.15, -0.1) is 0 Å². The van der Waals surface area contributed by atoms with Gasteiger partial charge in [0.25, 0.3) is 0 Å². The van der Waals surface area contributed by atoms with Gasteiger partial charge in [0.2, 0.25) is 0 Å². The highest BCUT2D eigenvalue weighted by Crippen LogP contribution is 2.11. The van der Waals surface area contributed by atoms with Gasteiger partial charge >= 0.3 is 6.09 Å². The van der Waals surface area contributed by atoms with E-state index in [1.165, 1.54) is 0 Å². The van der Waals surface area contributed by atoms with Crippen molar-refractivity contribution in [1.82, 2.24) is 5.32 Å². The molecule has 0 aliphatic carbocycles. The second-order valence-corrected chi connectivity index (χ2v) is 5.79. The molecule has 0 heterocycles. The van der Waals surface area contributed by atoms with Gasteiger partial charge in [0.15, 0.2) is 0 Å². The van der Waals surface area contributed by atoms with Crippen LogP contribution >= 0.6 is 0 Å². The number of amides is 1. The number of benzene rings is 1. The third-order valence-electron chi connectivity index (χ3n) is 2.53. The van der Waals surface area contributed by atoms with Gasteiger partial charge in [0.05, 0.1) is 6.33 Å². The third kappa shape index (κ3) is 6.36. The molecule has 1 rings (SSSR count). The quantitative estimate of drug-likeness (QED) is 0.907. The Balaban J connectivity index is 2.51. The molecule has 0 spiro atoms. The summed E-state index contributed by atoms with van der Waals surface area (Å²) >= 11 is 0. The van der Waals surface area contributed by atoms with Crippen molar-refractivity contribution < 1.29 is 13.9 Å². The molecule has 0 aromatic heterocycles. The van der Waals surface area contributed by atoms with Gasteiger partial charge in [0, 0.05) is 6.54 Å². The molecule has 0 fully saturated rings. The van der Waals surface area contributed by atoms with Crippen molar-refractivity contribution in [2.24, 2.45) is 0 Å². The van der Waals surface area contributed by atoms with Crippen LogP contribution in [0.3, 0.4) is 0 Å². The Morgan fingerprint density at radius 1 is 1.40 bits per heavy atom. The molecule has 0 atom stereocenters. The van der Waals surface area contributed by atoms with Gasteiger partial charge in [-0.1, -0.05) is 29.8 Å². The zero-order valence-corrected chi connectivity index (χ0v) is 12.5. The van der Waals surface area contributed by atoms with Crippen molar-refractivity contribution in [3.05, 3.63) is 47.3 Å². The van der Waals surface area contributed by atoms with Gasteiger partial charge in [0.1, 0.15) is 5.60 Å². The van der Waals surface area contributed by atoms with Crippen molar-refractivity contribution >= 4 is 6.09 Å². The number of ether oxygens (including phenoxy) is 1. The fourth-order valence-electron chi connectivity index (χ4n) is 1.72. The zero-order chi connectivity index (χ0) is 15.2. The minimum atomic E-state index is -0.555. The van der Waals surface area contributed by atoms with Crippen LogP contribution in [0.4, 0.5) is 9.18 Å². The van der Waals surface area contributed by atoms with E-state index in [1.54, 1.807) is 20.8 Å². The van der Waals surface area contributed by atoms with E-state index in [2.05, 4.69) is 5.32 Å². The lowest BCUT2D eigenvalue weighted by Gasteiger charge is -2.20. The maximum absolute atomic E-state index is 12.9. The summed E-state index contributed by atoms with van der Waals surface area (Å²) in [6.45, 7) is 7.47. The molecular weight excluding hydrogens is 257 g/mol. The monoisotopic (exact) mass is 279 g/mol. The minimum absolute atomic E-state index is 0.138. The number of carbonyl (C=O) groups is 1. The number of hydrogen-bond acceptors (Lipinski definition) is 2. The Morgan fingerprint density at radius 3 is 2.65 bits per heavy atom. The summed E-state index contributed by atoms with van der Waals surface area (Å²) in [4.78, 5) is 11.5. The number of carbonyl (C=O) groups excluding carboxylic acids is 1. The highest BCUT2D eigenvalue weighted by molar-refractivity contribution is 5.68. The molecule has 110 valence electrons. The normalized spacial score (nSPS) is 12.2. The minimum Gasteiger partial charge on any atom is -0.444 e. The molecule has 3 nitrogen and oxygen atoms in total. The van der Waals surface area contributed by atoms with E-state index in [1.807, 2.05) is 31.2 Å². The van der Waals surface area contributed by atoms with Gasteiger partial charge in [-0.2, -0.15) is 0 Å². The topological polar surface area (TPSA) is 38.3 Å². The average Bonchev–Trinajstić information content (AvgIpc) is 2.32. The Bertz CT molecular complexity index is 489. The van der Waals surface area contributed by atoms with Gasteiger partial charge < -0.3 is 10.1 Å². The number of alkyl carbamates (subject to hydrolysis) is 1. The number of halogens is 1. The maximum Gasteiger partial charge on any atom is 0.407 e. The Kier molecular flexibility index (Phi) is 5.74. The second kappa shape index (κ2) is 7.08. The summed E-state index contributed by atoms with van der Waals surface area (Å²) in [5, 5.41) is 2.56. The van der Waals surface area contributed by atoms with Gasteiger partial charge in [-0.05, 0) is 45.3 Å². The third-order valence-corrected chi connectivity index (χ3v) is 2.53. The highest BCUT2D eigenvalue weighted by Gasteiger charge is 2.16. The molecule has 1 N–H and O–H groups in total. The molecule has 0 saturated heterocycles. The largest absolute Gasteiger partial charge is 0.444 e. The van der Waals surface area contributed by atoms with Crippen LogP contribution in [0.1, 0.15) is 31.9 Å². The van der Waals surface area contributed by atoms with Crippen LogP contribution in [0.15, 0.2) is 36.2 Å². The summed E-state index contributed by atoms with van der Waals surface area (Å²) in [5.74, 6) is 0. The average molecular weight is 279 g/mol. The van der Waals surface area contributed by atoms with E-state index in [4.69, 9.17) is 4.74 Å². The van der Waals surface area contributed by atoms with Crippen molar-refractivity contribution in [3.63, 3.8) is 0 Å². The number of aryl methyl sites for hydroxylation is 1. The first-order valence-electron chi connectivity index (χ1n) is 6.60. The van der Waals surface area contributed by atoms with Crippen LogP contribution in [0.2, 0.25) is 0 Å². The molecule has 0 saturated carbocycles. The van der Waals surface area contributed by atoms with E-state index in [-0.39, 0.29) is 6.54 Å². The van der Waals surface area contributed by atoms with Gasteiger partial charge in [-0.3, -0.25) is 0 Å². The zero-order valence-electron chi connectivity index (χ0n) is 12.5. The number of hydrogen-bond donors (Lipinski definition) is 1. The SMILES string of the molecule is Cc1cccc(CC(=CF)CNC(=O)OC(C)(C)C)c1. The van der Waals surface area contributed by atoms with Crippen LogP contribution in [-0.4, -0.2) is 18.2 Å². The van der Waals surface area contributed by atoms with E-state index in [0.717, 1.165) is 11.1 Å². The lowest BCUT2D eigenvalue weighted by atomic mass is 10.0. The molecule has 0 aliphatic heterocycles. The highest BCUT2D eigenvalue weighted by atomic mass is 19.1. The Labute approximate surface area is 119 Å². The van der Waals surface area contributed by atoms with E-state index < -0.39 is 11.7 Å². The first-order chi connectivity index (χ1) is 9.30. The molecule has 0 unspecified atom stereocenters. The number of rotatable bonds is 4. The molecule has 4 heteroatoms. The Morgan fingerprint density at radius 2 is 2.10 bits per heavy atom. The van der Waals surface area contributed by atoms with Crippen molar-refractivity contribution in [3.8, 4) is 0 Å². The van der Waals surface area contributed by atoms with Crippen LogP contribution < -0.4 is 5.32 Å². The number of nitrogens with one attached hydrogen (secondary N) is 1. The van der Waals surface area contributed by atoms with Crippen LogP contribution in [0, 0.1) is 6.92 Å². The summed E-state index contributed by atoms with van der Waals surface area (Å²) in [7, 11) is 0. The van der Waals surface area contributed by atoms with E-state index in [9.17, 15) is 9.18 Å². The molecular formula is C16H22FNO2. The molecule has 0 bridgehead atoms. The van der Waals surface area contributed by atoms with Crippen molar-refractivity contribution in [1.29, 1.82) is 0 Å². The predicted molar refractivity (Wildman–Crippen MR) is 78.3 cm³/mol. The van der Waals surface area contributed by atoms with Crippen LogP contribution in [0.5, 0.6) is 0 Å². The summed E-state index contributed by atoms with van der Waals surface area (Å²) in [6, 6.07) is 7.85. The van der Waals surface area contributed by atoms with Crippen LogP contribution in [-0.2, 0) is 11.2 Å². The standard InChI is InChI=1S/C16H22FNO2/c1-12-6-5-7-13(8-12)9-14(10-17)11-18-15(19)20-16(2,3)4/h5-8,10H,9,11H2,1-4H3,(H,18,19). The molecule has 1 amide bonds. The second-order valence-electron chi connectivity index (χ2n) is 5.79. The van der Waals surface area contributed by atoms with Crippen molar-refractivity contribution in [2.75, 3.05) is 6.54 Å². The predicted octanol–water partition coefficient (Wildman–Crippen LogP) is 3.92. The summed E-state index contributed by atoms with van der Waals surface area (Å²) in [5.41, 5.74) is 2.09. The van der Waals surface area contributed by atoms with E-state index >= 15 is 0 Å².